The quantitative estimate of drug-likeness (QED) is 0.330. The van der Waals surface area contributed by atoms with Crippen LogP contribution in [0.2, 0.25) is 0 Å². The predicted octanol–water partition coefficient (Wildman–Crippen LogP) is 1.46. The van der Waals surface area contributed by atoms with Crippen molar-refractivity contribution in [1.82, 2.24) is 16.2 Å². The van der Waals surface area contributed by atoms with E-state index in [9.17, 15) is 4.79 Å². The zero-order chi connectivity index (χ0) is 13.2. The monoisotopic (exact) mass is 281 g/mol. The minimum absolute atomic E-state index is 0.133. The smallest absolute Gasteiger partial charge is 0.248 e. The van der Waals surface area contributed by atoms with Gasteiger partial charge in [-0.1, -0.05) is 24.3 Å². The molecule has 0 spiro atoms. The molecule has 0 aliphatic rings. The van der Waals surface area contributed by atoms with Gasteiger partial charge in [-0.05, 0) is 24.4 Å². The minimum Gasteiger partial charge on any atom is -0.358 e. The van der Waals surface area contributed by atoms with Crippen molar-refractivity contribution in [3.8, 4) is 0 Å². The van der Waals surface area contributed by atoms with Gasteiger partial charge in [0.1, 0.15) is 0 Å². The second-order valence-electron chi connectivity index (χ2n) is 3.27. The number of benzene rings is 1. The molecule has 1 aromatic rings. The molecule has 1 amide bonds. The highest BCUT2D eigenvalue weighted by Gasteiger charge is 2.02. The van der Waals surface area contributed by atoms with Crippen LogP contribution in [-0.2, 0) is 4.79 Å². The molecule has 4 nitrogen and oxygen atoms in total. The van der Waals surface area contributed by atoms with E-state index < -0.39 is 0 Å². The summed E-state index contributed by atoms with van der Waals surface area (Å²) in [5.41, 5.74) is 5.13. The lowest BCUT2D eigenvalue weighted by molar-refractivity contribution is -0.119. The Labute approximate surface area is 116 Å². The lowest BCUT2D eigenvalue weighted by atomic mass is 10.4. The van der Waals surface area contributed by atoms with E-state index in [-0.39, 0.29) is 5.91 Å². The lowest BCUT2D eigenvalue weighted by Crippen LogP contribution is -2.47. The van der Waals surface area contributed by atoms with Crippen LogP contribution in [0.15, 0.2) is 47.9 Å². The van der Waals surface area contributed by atoms with Gasteiger partial charge < -0.3 is 5.32 Å². The van der Waals surface area contributed by atoms with Crippen molar-refractivity contribution >= 4 is 35.0 Å². The molecule has 0 saturated carbocycles. The zero-order valence-electron chi connectivity index (χ0n) is 9.81. The Morgan fingerprint density at radius 2 is 2.06 bits per heavy atom. The van der Waals surface area contributed by atoms with Crippen LogP contribution in [0, 0.1) is 0 Å². The molecule has 1 aromatic carbocycles. The molecule has 1 rings (SSSR count). The lowest BCUT2D eigenvalue weighted by Gasteiger charge is -2.09. The molecule has 0 heterocycles. The third-order valence-electron chi connectivity index (χ3n) is 1.84. The van der Waals surface area contributed by atoms with Crippen LogP contribution in [0.4, 0.5) is 0 Å². The Hall–Kier alpha value is -1.53. The molecule has 0 aliphatic carbocycles. The number of nitrogens with one attached hydrogen (secondary N) is 3. The molecule has 96 valence electrons. The molecule has 0 unspecified atom stereocenters. The highest BCUT2D eigenvalue weighted by Crippen LogP contribution is 2.15. The van der Waals surface area contributed by atoms with E-state index in [0.29, 0.717) is 17.4 Å². The van der Waals surface area contributed by atoms with Gasteiger partial charge in [0.2, 0.25) is 5.91 Å². The second kappa shape index (κ2) is 8.54. The van der Waals surface area contributed by atoms with E-state index >= 15 is 0 Å². The number of thiocarbonyl (C=S) groups is 1. The van der Waals surface area contributed by atoms with Crippen LogP contribution in [0.3, 0.4) is 0 Å². The third-order valence-corrected chi connectivity index (χ3v) is 3.09. The molecular formula is C12H15N3OS2. The molecule has 6 heteroatoms. The molecule has 0 bridgehead atoms. The average Bonchev–Trinajstić information content (AvgIpc) is 2.41. The Balaban J connectivity index is 2.18. The molecule has 0 fully saturated rings. The Bertz CT molecular complexity index is 409. The van der Waals surface area contributed by atoms with Crippen molar-refractivity contribution in [2.24, 2.45) is 0 Å². The first-order valence-corrected chi connectivity index (χ1v) is 6.73. The first kappa shape index (κ1) is 14.5. The maximum Gasteiger partial charge on any atom is 0.248 e. The Morgan fingerprint density at radius 3 is 2.72 bits per heavy atom. The first-order chi connectivity index (χ1) is 8.72. The summed E-state index contributed by atoms with van der Waals surface area (Å²) in [6.45, 7) is 4.11. The number of carbonyl (C=O) groups excluding carboxylic acids is 1. The minimum atomic E-state index is -0.133. The van der Waals surface area contributed by atoms with E-state index in [1.165, 1.54) is 11.8 Å². The largest absolute Gasteiger partial charge is 0.358 e. The second-order valence-corrected chi connectivity index (χ2v) is 4.73. The highest BCUT2D eigenvalue weighted by atomic mass is 32.2. The van der Waals surface area contributed by atoms with Crippen molar-refractivity contribution in [1.29, 1.82) is 0 Å². The Kier molecular flexibility index (Phi) is 6.90. The molecule has 0 aromatic heterocycles. The van der Waals surface area contributed by atoms with Crippen LogP contribution < -0.4 is 16.2 Å². The van der Waals surface area contributed by atoms with Crippen LogP contribution in [0.1, 0.15) is 0 Å². The Morgan fingerprint density at radius 1 is 1.33 bits per heavy atom. The molecule has 0 saturated heterocycles. The molecule has 0 radical (unpaired) electrons. The van der Waals surface area contributed by atoms with Gasteiger partial charge in [-0.2, -0.15) is 0 Å². The molecule has 0 atom stereocenters. The molecular weight excluding hydrogens is 266 g/mol. The first-order valence-electron chi connectivity index (χ1n) is 5.34. The number of hydrogen-bond donors (Lipinski definition) is 3. The summed E-state index contributed by atoms with van der Waals surface area (Å²) < 4.78 is 0. The summed E-state index contributed by atoms with van der Waals surface area (Å²) in [5, 5.41) is 3.21. The number of carbonyl (C=O) groups is 1. The topological polar surface area (TPSA) is 53.2 Å². The zero-order valence-corrected chi connectivity index (χ0v) is 11.4. The SMILES string of the molecule is C=CCNC(=S)NNC(=O)CSc1ccccc1. The maximum atomic E-state index is 11.5. The summed E-state index contributed by atoms with van der Waals surface area (Å²) in [5.74, 6) is 0.202. The van der Waals surface area contributed by atoms with Gasteiger partial charge in [-0.25, -0.2) is 0 Å². The normalized spacial score (nSPS) is 9.33. The van der Waals surface area contributed by atoms with Gasteiger partial charge in [0.25, 0.3) is 0 Å². The van der Waals surface area contributed by atoms with Crippen molar-refractivity contribution in [3.05, 3.63) is 43.0 Å². The molecule has 18 heavy (non-hydrogen) atoms. The van der Waals surface area contributed by atoms with Crippen molar-refractivity contribution in [2.75, 3.05) is 12.3 Å². The van der Waals surface area contributed by atoms with Crippen molar-refractivity contribution < 1.29 is 4.79 Å². The fourth-order valence-electron chi connectivity index (χ4n) is 1.04. The number of thioether (sulfide) groups is 1. The van der Waals surface area contributed by atoms with E-state index in [4.69, 9.17) is 12.2 Å². The highest BCUT2D eigenvalue weighted by molar-refractivity contribution is 8.00. The van der Waals surface area contributed by atoms with Gasteiger partial charge in [-0.15, -0.1) is 18.3 Å². The van der Waals surface area contributed by atoms with Gasteiger partial charge in [-0.3, -0.25) is 15.6 Å². The summed E-state index contributed by atoms with van der Waals surface area (Å²) in [4.78, 5) is 12.5. The average molecular weight is 281 g/mol. The number of rotatable bonds is 5. The van der Waals surface area contributed by atoms with Crippen LogP contribution in [-0.4, -0.2) is 23.3 Å². The van der Waals surface area contributed by atoms with E-state index in [0.717, 1.165) is 4.90 Å². The van der Waals surface area contributed by atoms with E-state index in [1.807, 2.05) is 30.3 Å². The number of hydrogen-bond acceptors (Lipinski definition) is 3. The number of amides is 1. The predicted molar refractivity (Wildman–Crippen MR) is 79.2 cm³/mol. The maximum absolute atomic E-state index is 11.5. The standard InChI is InChI=1S/C12H15N3OS2/c1-2-8-13-12(17)15-14-11(16)9-18-10-6-4-3-5-7-10/h2-7H,1,8-9H2,(H,14,16)(H2,13,15,17). The van der Waals surface area contributed by atoms with Crippen molar-refractivity contribution in [2.45, 2.75) is 4.90 Å². The third kappa shape index (κ3) is 6.27. The van der Waals surface area contributed by atoms with Crippen LogP contribution in [0.25, 0.3) is 0 Å². The van der Waals surface area contributed by atoms with Gasteiger partial charge in [0, 0.05) is 11.4 Å². The van der Waals surface area contributed by atoms with Gasteiger partial charge in [0.15, 0.2) is 5.11 Å². The summed E-state index contributed by atoms with van der Waals surface area (Å²) >= 11 is 6.39. The molecule has 3 N–H and O–H groups in total. The summed E-state index contributed by atoms with van der Waals surface area (Å²) in [6.07, 6.45) is 1.68. The fourth-order valence-corrected chi connectivity index (χ4v) is 1.89. The van der Waals surface area contributed by atoms with Gasteiger partial charge in [0.05, 0.1) is 5.75 Å². The summed E-state index contributed by atoms with van der Waals surface area (Å²) in [7, 11) is 0. The van der Waals surface area contributed by atoms with E-state index in [2.05, 4.69) is 22.7 Å². The summed E-state index contributed by atoms with van der Waals surface area (Å²) in [6, 6.07) is 9.73. The number of hydrazine groups is 1. The van der Waals surface area contributed by atoms with Gasteiger partial charge >= 0.3 is 0 Å². The van der Waals surface area contributed by atoms with E-state index in [1.54, 1.807) is 6.08 Å². The fraction of sp³-hybridized carbons (Fsp3) is 0.167. The van der Waals surface area contributed by atoms with Crippen LogP contribution >= 0.6 is 24.0 Å². The molecule has 0 aliphatic heterocycles. The van der Waals surface area contributed by atoms with Crippen LogP contribution in [0.5, 0.6) is 0 Å². The van der Waals surface area contributed by atoms with Crippen molar-refractivity contribution in [3.63, 3.8) is 0 Å².